The lowest BCUT2D eigenvalue weighted by Crippen LogP contribution is -2.41. The second-order valence-electron chi connectivity index (χ2n) is 6.50. The molecule has 0 unspecified atom stereocenters. The summed E-state index contributed by atoms with van der Waals surface area (Å²) in [6.45, 7) is 4.11. The first kappa shape index (κ1) is 19.1. The zero-order chi connectivity index (χ0) is 18.1. The molecule has 138 valence electrons. The zero-order valence-corrected chi connectivity index (χ0v) is 15.5. The number of hydrogen-bond acceptors (Lipinski definition) is 3. The number of nitrogens with zero attached hydrogens (tertiary/aromatic N) is 2. The maximum absolute atomic E-state index is 11.6. The predicted molar refractivity (Wildman–Crippen MR) is 101 cm³/mol. The van der Waals surface area contributed by atoms with Crippen LogP contribution in [0.2, 0.25) is 0 Å². The van der Waals surface area contributed by atoms with Gasteiger partial charge in [0.1, 0.15) is 12.4 Å². The van der Waals surface area contributed by atoms with E-state index in [1.807, 2.05) is 36.2 Å². The molecule has 1 saturated carbocycles. The van der Waals surface area contributed by atoms with Gasteiger partial charge in [0.15, 0.2) is 5.96 Å². The van der Waals surface area contributed by atoms with Crippen LogP contribution in [0.3, 0.4) is 0 Å². The van der Waals surface area contributed by atoms with E-state index in [9.17, 15) is 4.79 Å². The van der Waals surface area contributed by atoms with Gasteiger partial charge >= 0.3 is 0 Å². The quantitative estimate of drug-likeness (QED) is 0.407. The summed E-state index contributed by atoms with van der Waals surface area (Å²) in [7, 11) is 3.74. The summed E-state index contributed by atoms with van der Waals surface area (Å²) in [6, 6.07) is 8.48. The molecule has 0 atom stereocenters. The molecule has 1 amide bonds. The molecule has 0 heterocycles. The summed E-state index contributed by atoms with van der Waals surface area (Å²) >= 11 is 0. The van der Waals surface area contributed by atoms with Crippen LogP contribution in [0.4, 0.5) is 0 Å². The number of aryl methyl sites for hydroxylation is 1. The smallest absolute Gasteiger partial charge is 0.220 e. The Hall–Kier alpha value is -2.24. The first-order valence-corrected chi connectivity index (χ1v) is 8.99. The Morgan fingerprint density at radius 3 is 2.68 bits per heavy atom. The minimum absolute atomic E-state index is 0.152. The molecule has 0 spiro atoms. The van der Waals surface area contributed by atoms with Crippen molar-refractivity contribution < 1.29 is 9.53 Å². The van der Waals surface area contributed by atoms with Gasteiger partial charge in [0.05, 0.1) is 6.54 Å². The van der Waals surface area contributed by atoms with E-state index < -0.39 is 0 Å². The van der Waals surface area contributed by atoms with E-state index in [4.69, 9.17) is 4.74 Å². The molecule has 0 radical (unpaired) electrons. The van der Waals surface area contributed by atoms with Crippen LogP contribution in [-0.2, 0) is 4.79 Å². The lowest BCUT2D eigenvalue weighted by Gasteiger charge is -2.22. The van der Waals surface area contributed by atoms with E-state index in [2.05, 4.69) is 22.5 Å². The number of guanidine groups is 1. The van der Waals surface area contributed by atoms with Crippen molar-refractivity contribution in [2.24, 2.45) is 4.99 Å². The number of hydrogen-bond donors (Lipinski definition) is 2. The van der Waals surface area contributed by atoms with Crippen LogP contribution in [0.1, 0.15) is 31.2 Å². The van der Waals surface area contributed by atoms with Gasteiger partial charge in [-0.2, -0.15) is 0 Å². The third kappa shape index (κ3) is 7.45. The van der Waals surface area contributed by atoms with Crippen molar-refractivity contribution in [2.75, 3.05) is 33.8 Å². The van der Waals surface area contributed by atoms with Gasteiger partial charge < -0.3 is 20.3 Å². The van der Waals surface area contributed by atoms with Crippen LogP contribution < -0.4 is 15.4 Å². The third-order valence-electron chi connectivity index (χ3n) is 4.10. The van der Waals surface area contributed by atoms with Gasteiger partial charge in [-0.1, -0.05) is 17.7 Å². The molecular formula is C19H30N4O2. The van der Waals surface area contributed by atoms with Gasteiger partial charge in [-0.15, -0.1) is 0 Å². The molecule has 0 aliphatic heterocycles. The fourth-order valence-corrected chi connectivity index (χ4v) is 2.40. The zero-order valence-electron chi connectivity index (χ0n) is 15.5. The lowest BCUT2D eigenvalue weighted by molar-refractivity contribution is -0.121. The molecule has 2 N–H and O–H groups in total. The highest BCUT2D eigenvalue weighted by Gasteiger charge is 2.22. The molecule has 1 aliphatic rings. The van der Waals surface area contributed by atoms with Crippen LogP contribution in [-0.4, -0.2) is 56.6 Å². The Labute approximate surface area is 150 Å². The number of benzene rings is 1. The van der Waals surface area contributed by atoms with Gasteiger partial charge in [0, 0.05) is 33.1 Å². The molecule has 0 aromatic heterocycles. The van der Waals surface area contributed by atoms with E-state index >= 15 is 0 Å². The Kier molecular flexibility index (Phi) is 7.57. The van der Waals surface area contributed by atoms with E-state index in [1.165, 1.54) is 5.56 Å². The molecule has 0 bridgehead atoms. The molecule has 6 heteroatoms. The van der Waals surface area contributed by atoms with Crippen LogP contribution in [0.5, 0.6) is 5.75 Å². The fourth-order valence-electron chi connectivity index (χ4n) is 2.40. The maximum Gasteiger partial charge on any atom is 0.220 e. The second-order valence-corrected chi connectivity index (χ2v) is 6.50. The van der Waals surface area contributed by atoms with Crippen molar-refractivity contribution in [1.29, 1.82) is 0 Å². The van der Waals surface area contributed by atoms with E-state index in [-0.39, 0.29) is 5.91 Å². The molecule has 0 saturated heterocycles. The summed E-state index contributed by atoms with van der Waals surface area (Å²) in [5.74, 6) is 1.85. The van der Waals surface area contributed by atoms with Crippen molar-refractivity contribution in [3.8, 4) is 5.75 Å². The summed E-state index contributed by atoms with van der Waals surface area (Å²) in [6.07, 6.45) is 3.62. The number of carbonyl (C=O) groups is 1. The third-order valence-corrected chi connectivity index (χ3v) is 4.10. The minimum atomic E-state index is 0.152. The predicted octanol–water partition coefficient (Wildman–Crippen LogP) is 1.94. The van der Waals surface area contributed by atoms with E-state index in [0.717, 1.165) is 44.1 Å². The molecule has 1 fully saturated rings. The first-order valence-electron chi connectivity index (χ1n) is 8.99. The molecular weight excluding hydrogens is 316 g/mol. The summed E-state index contributed by atoms with van der Waals surface area (Å²) in [5.41, 5.74) is 1.22. The number of carbonyl (C=O) groups excluding carboxylic acids is 1. The van der Waals surface area contributed by atoms with Gasteiger partial charge in [-0.05, 0) is 38.3 Å². The monoisotopic (exact) mass is 346 g/mol. The molecule has 1 aromatic carbocycles. The van der Waals surface area contributed by atoms with Crippen molar-refractivity contribution >= 4 is 11.9 Å². The number of rotatable bonds is 9. The Morgan fingerprint density at radius 2 is 2.04 bits per heavy atom. The fraction of sp³-hybridized carbons (Fsp3) is 0.579. The Balaban J connectivity index is 1.59. The van der Waals surface area contributed by atoms with E-state index in [0.29, 0.717) is 19.1 Å². The normalized spacial score (nSPS) is 14.1. The number of ether oxygens (including phenoxy) is 1. The standard InChI is InChI=1S/C19H30N4O2/c1-15-6-10-17(11-7-15)25-14-13-23(3)19(20-2)21-12-4-5-18(24)22-16-8-9-16/h6-7,10-11,16H,4-5,8-9,12-14H2,1-3H3,(H,20,21)(H,22,24). The van der Waals surface area contributed by atoms with E-state index in [1.54, 1.807) is 7.05 Å². The summed E-state index contributed by atoms with van der Waals surface area (Å²) < 4.78 is 5.75. The van der Waals surface area contributed by atoms with Gasteiger partial charge in [0.2, 0.25) is 5.91 Å². The van der Waals surface area contributed by atoms with Crippen LogP contribution >= 0.6 is 0 Å². The van der Waals surface area contributed by atoms with Crippen molar-refractivity contribution in [3.05, 3.63) is 29.8 Å². The SMILES string of the molecule is CN=C(NCCCC(=O)NC1CC1)N(C)CCOc1ccc(C)cc1. The van der Waals surface area contributed by atoms with Crippen LogP contribution in [0, 0.1) is 6.92 Å². The number of likely N-dealkylation sites (N-methyl/N-ethyl adjacent to an activating group) is 1. The van der Waals surface area contributed by atoms with Crippen molar-refractivity contribution in [1.82, 2.24) is 15.5 Å². The number of aliphatic imine (C=N–C) groups is 1. The second kappa shape index (κ2) is 9.91. The lowest BCUT2D eigenvalue weighted by atomic mass is 10.2. The molecule has 1 aliphatic carbocycles. The topological polar surface area (TPSA) is 66.0 Å². The number of amides is 1. The van der Waals surface area contributed by atoms with Gasteiger partial charge in [-0.3, -0.25) is 9.79 Å². The molecule has 25 heavy (non-hydrogen) atoms. The van der Waals surface area contributed by atoms with Gasteiger partial charge in [0.25, 0.3) is 0 Å². The summed E-state index contributed by atoms with van der Waals surface area (Å²) in [4.78, 5) is 17.9. The Bertz CT molecular complexity index is 567. The van der Waals surface area contributed by atoms with Gasteiger partial charge in [-0.25, -0.2) is 0 Å². The molecule has 2 rings (SSSR count). The highest BCUT2D eigenvalue weighted by molar-refractivity contribution is 5.80. The molecule has 6 nitrogen and oxygen atoms in total. The highest BCUT2D eigenvalue weighted by atomic mass is 16.5. The number of nitrogens with one attached hydrogen (secondary N) is 2. The average molecular weight is 346 g/mol. The largest absolute Gasteiger partial charge is 0.492 e. The first-order chi connectivity index (χ1) is 12.1. The van der Waals surface area contributed by atoms with Crippen molar-refractivity contribution in [2.45, 2.75) is 38.6 Å². The molecule has 1 aromatic rings. The highest BCUT2D eigenvalue weighted by Crippen LogP contribution is 2.18. The maximum atomic E-state index is 11.6. The van der Waals surface area contributed by atoms with Crippen molar-refractivity contribution in [3.63, 3.8) is 0 Å². The average Bonchev–Trinajstić information content (AvgIpc) is 3.40. The Morgan fingerprint density at radius 1 is 1.32 bits per heavy atom. The summed E-state index contributed by atoms with van der Waals surface area (Å²) in [5, 5.41) is 6.29. The van der Waals surface area contributed by atoms with Crippen LogP contribution in [0.25, 0.3) is 0 Å². The minimum Gasteiger partial charge on any atom is -0.492 e. The van der Waals surface area contributed by atoms with Crippen LogP contribution in [0.15, 0.2) is 29.3 Å².